The van der Waals surface area contributed by atoms with Crippen LogP contribution in [-0.2, 0) is 5.41 Å². The minimum absolute atomic E-state index is 0.114. The van der Waals surface area contributed by atoms with Gasteiger partial charge in [0.05, 0.1) is 11.0 Å². The Morgan fingerprint density at radius 3 is 2.02 bits per heavy atom. The minimum Gasteiger partial charge on any atom is -0.335 e. The molecule has 6 aromatic carbocycles. The summed E-state index contributed by atoms with van der Waals surface area (Å²) in [7, 11) is 0. The van der Waals surface area contributed by atoms with Gasteiger partial charge in [0.25, 0.3) is 0 Å². The lowest BCUT2D eigenvalue weighted by Crippen LogP contribution is -2.44. The second kappa shape index (κ2) is 10.5. The third kappa shape index (κ3) is 3.72. The van der Waals surface area contributed by atoms with Gasteiger partial charge >= 0.3 is 0 Å². The lowest BCUT2D eigenvalue weighted by Gasteiger charge is -2.42. The topological polar surface area (TPSA) is 3.24 Å². The first-order valence-corrected chi connectivity index (χ1v) is 19.8. The van der Waals surface area contributed by atoms with Crippen LogP contribution in [0.4, 0.5) is 5.69 Å². The summed E-state index contributed by atoms with van der Waals surface area (Å²) in [5, 5.41) is 1.37. The normalized spacial score (nSPS) is 21.8. The molecular formula is C51H37NS. The number of hydrogen-bond donors (Lipinski definition) is 0. The van der Waals surface area contributed by atoms with E-state index in [1.807, 2.05) is 11.3 Å². The predicted octanol–water partition coefficient (Wildman–Crippen LogP) is 13.2. The second-order valence-electron chi connectivity index (χ2n) is 15.8. The molecule has 3 unspecified atom stereocenters. The molecule has 3 atom stereocenters. The molecule has 252 valence electrons. The molecule has 0 radical (unpaired) electrons. The van der Waals surface area contributed by atoms with E-state index in [1.54, 1.807) is 0 Å². The smallest absolute Gasteiger partial charge is 0.0725 e. The first-order chi connectivity index (χ1) is 26.1. The van der Waals surface area contributed by atoms with Crippen molar-refractivity contribution in [3.05, 3.63) is 202 Å². The largest absolute Gasteiger partial charge is 0.335 e. The van der Waals surface area contributed by atoms with Crippen LogP contribution in [-0.4, -0.2) is 5.54 Å². The molecule has 1 aromatic heterocycles. The molecular weight excluding hydrogens is 659 g/mol. The quantitative estimate of drug-likeness (QED) is 0.174. The fourth-order valence-corrected chi connectivity index (χ4v) is 12.1. The highest BCUT2D eigenvalue weighted by molar-refractivity contribution is 7.19. The zero-order valence-electron chi connectivity index (χ0n) is 29.8. The minimum atomic E-state index is -0.307. The standard InChI is InChI=1S/C51H37NS/c1-31-27-34(52-47-21-10-6-16-38(47)42-17-11-12-26-50(42,52)2)30-41-40-29-33(23-25-48(40)53-49(31)41)32-22-24-46-39(28-32)37-15-5-9-20-45(37)51(46)43-18-7-3-13-35(43)36-14-4-8-19-44(36)51/h3-26,28-31,42H,27H2,1-2H3. The number of thiophene rings is 1. The molecule has 4 aliphatic carbocycles. The fraction of sp³-hybridized carbons (Fsp3) is 0.137. The molecule has 0 amide bonds. The monoisotopic (exact) mass is 695 g/mol. The molecule has 0 bridgehead atoms. The number of allylic oxidation sites excluding steroid dienone is 3. The maximum absolute atomic E-state index is 2.66. The summed E-state index contributed by atoms with van der Waals surface area (Å²) in [5.74, 6) is 0.802. The number of para-hydroxylation sites is 1. The van der Waals surface area contributed by atoms with Crippen molar-refractivity contribution in [2.45, 2.75) is 43.1 Å². The van der Waals surface area contributed by atoms with Crippen LogP contribution in [0.5, 0.6) is 0 Å². The van der Waals surface area contributed by atoms with Crippen LogP contribution in [0.2, 0.25) is 0 Å². The summed E-state index contributed by atoms with van der Waals surface area (Å²) in [5.41, 5.74) is 18.7. The second-order valence-corrected chi connectivity index (χ2v) is 16.9. The third-order valence-corrected chi connectivity index (χ3v) is 14.5. The van der Waals surface area contributed by atoms with E-state index in [0.717, 1.165) is 6.42 Å². The van der Waals surface area contributed by atoms with Gasteiger partial charge in [-0.2, -0.15) is 0 Å². The Morgan fingerprint density at radius 1 is 0.642 bits per heavy atom. The zero-order valence-corrected chi connectivity index (χ0v) is 30.6. The highest BCUT2D eigenvalue weighted by atomic mass is 32.1. The molecule has 1 nitrogen and oxygen atoms in total. The predicted molar refractivity (Wildman–Crippen MR) is 223 cm³/mol. The van der Waals surface area contributed by atoms with Gasteiger partial charge in [0.1, 0.15) is 0 Å². The Balaban J connectivity index is 1.01. The molecule has 0 saturated carbocycles. The van der Waals surface area contributed by atoms with Gasteiger partial charge in [0.2, 0.25) is 0 Å². The Morgan fingerprint density at radius 2 is 1.26 bits per heavy atom. The maximum atomic E-state index is 2.66. The molecule has 0 N–H and O–H groups in total. The van der Waals surface area contributed by atoms with E-state index >= 15 is 0 Å². The summed E-state index contributed by atoms with van der Waals surface area (Å²) in [6, 6.07) is 50.8. The van der Waals surface area contributed by atoms with E-state index in [1.165, 1.54) is 93.1 Å². The van der Waals surface area contributed by atoms with Crippen molar-refractivity contribution >= 4 is 33.2 Å². The van der Waals surface area contributed by atoms with Crippen molar-refractivity contribution in [2.24, 2.45) is 0 Å². The molecule has 7 aromatic rings. The highest BCUT2D eigenvalue weighted by Crippen LogP contribution is 2.63. The van der Waals surface area contributed by atoms with Crippen LogP contribution in [0, 0.1) is 0 Å². The summed E-state index contributed by atoms with van der Waals surface area (Å²) in [4.78, 5) is 4.17. The number of rotatable bonds is 2. The average molecular weight is 696 g/mol. The average Bonchev–Trinajstić information content (AvgIpc) is 3.89. The van der Waals surface area contributed by atoms with Crippen LogP contribution in [0.15, 0.2) is 163 Å². The molecule has 0 saturated heterocycles. The first-order valence-electron chi connectivity index (χ1n) is 19.0. The van der Waals surface area contributed by atoms with Gasteiger partial charge in [-0.05, 0) is 116 Å². The van der Waals surface area contributed by atoms with Crippen LogP contribution in [0.25, 0.3) is 49.5 Å². The highest BCUT2D eigenvalue weighted by Gasteiger charge is 2.52. The number of hydrogen-bond acceptors (Lipinski definition) is 2. The summed E-state index contributed by atoms with van der Waals surface area (Å²) >= 11 is 1.99. The number of fused-ring (bicyclic) bond motifs is 16. The summed E-state index contributed by atoms with van der Waals surface area (Å²) in [6.07, 6.45) is 12.8. The fourth-order valence-electron chi connectivity index (χ4n) is 10.9. The van der Waals surface area contributed by atoms with Crippen LogP contribution in [0.1, 0.15) is 70.4 Å². The van der Waals surface area contributed by atoms with Gasteiger partial charge in [-0.3, -0.25) is 0 Å². The van der Waals surface area contributed by atoms with Crippen molar-refractivity contribution in [3.8, 4) is 33.4 Å². The van der Waals surface area contributed by atoms with E-state index in [4.69, 9.17) is 0 Å². The number of anilines is 1. The molecule has 53 heavy (non-hydrogen) atoms. The van der Waals surface area contributed by atoms with Crippen molar-refractivity contribution < 1.29 is 0 Å². The molecule has 1 aliphatic heterocycles. The van der Waals surface area contributed by atoms with Gasteiger partial charge in [-0.1, -0.05) is 140 Å². The molecule has 12 rings (SSSR count). The Labute approximate surface area is 314 Å². The lowest BCUT2D eigenvalue weighted by atomic mass is 9.70. The number of benzene rings is 6. The third-order valence-electron chi connectivity index (χ3n) is 13.1. The van der Waals surface area contributed by atoms with Gasteiger partial charge in [-0.25, -0.2) is 0 Å². The van der Waals surface area contributed by atoms with Gasteiger partial charge in [-0.15, -0.1) is 11.3 Å². The lowest BCUT2D eigenvalue weighted by molar-refractivity contribution is 0.515. The van der Waals surface area contributed by atoms with E-state index in [2.05, 4.69) is 183 Å². The van der Waals surface area contributed by atoms with Crippen molar-refractivity contribution in [1.29, 1.82) is 0 Å². The first kappa shape index (κ1) is 29.8. The van der Waals surface area contributed by atoms with Gasteiger partial charge < -0.3 is 4.90 Å². The Kier molecular flexibility index (Phi) is 5.89. The molecule has 2 heteroatoms. The van der Waals surface area contributed by atoms with Crippen LogP contribution < -0.4 is 4.90 Å². The van der Waals surface area contributed by atoms with Gasteiger partial charge in [0.15, 0.2) is 0 Å². The van der Waals surface area contributed by atoms with Gasteiger partial charge in [0, 0.05) is 32.3 Å². The van der Waals surface area contributed by atoms with E-state index in [9.17, 15) is 0 Å². The van der Waals surface area contributed by atoms with Crippen molar-refractivity contribution in [3.63, 3.8) is 0 Å². The maximum Gasteiger partial charge on any atom is 0.0725 e. The Bertz CT molecular complexity index is 2780. The molecule has 1 spiro atoms. The van der Waals surface area contributed by atoms with E-state index in [-0.39, 0.29) is 11.0 Å². The van der Waals surface area contributed by atoms with Crippen molar-refractivity contribution in [2.75, 3.05) is 4.90 Å². The van der Waals surface area contributed by atoms with E-state index in [0.29, 0.717) is 11.8 Å². The Hall–Kier alpha value is -5.70. The summed E-state index contributed by atoms with van der Waals surface area (Å²) in [6.45, 7) is 4.84. The van der Waals surface area contributed by atoms with E-state index < -0.39 is 0 Å². The van der Waals surface area contributed by atoms with Crippen LogP contribution in [0.3, 0.4) is 0 Å². The number of nitrogens with zero attached hydrogens (tertiary/aromatic N) is 1. The SMILES string of the molecule is CC1CC(N2c3ccccc3C3C=CC=CC32C)=Cc2c1sc1ccc(-c3ccc4c(c3)-c3ccccc3C43c4ccccc4-c4ccccc43)cc21. The zero-order chi connectivity index (χ0) is 35.1. The molecule has 5 aliphatic rings. The summed E-state index contributed by atoms with van der Waals surface area (Å²) < 4.78 is 1.37. The molecule has 0 fully saturated rings. The van der Waals surface area contributed by atoms with Crippen LogP contribution >= 0.6 is 11.3 Å². The molecule has 2 heterocycles. The van der Waals surface area contributed by atoms with Crippen molar-refractivity contribution in [1.82, 2.24) is 0 Å².